The van der Waals surface area contributed by atoms with Gasteiger partial charge in [0.15, 0.2) is 0 Å². The Hall–Kier alpha value is -2.14. The van der Waals surface area contributed by atoms with Crippen molar-refractivity contribution >= 4 is 11.6 Å². The van der Waals surface area contributed by atoms with Gasteiger partial charge in [0.2, 0.25) is 5.95 Å². The molecule has 0 spiro atoms. The molecule has 0 radical (unpaired) electrons. The first-order valence-corrected chi connectivity index (χ1v) is 6.79. The molecule has 1 aromatic carbocycles. The largest absolute Gasteiger partial charge is 0.490 e. The van der Waals surface area contributed by atoms with E-state index in [1.807, 2.05) is 24.3 Å². The highest BCUT2D eigenvalue weighted by molar-refractivity contribution is 5.55. The van der Waals surface area contributed by atoms with Gasteiger partial charge >= 0.3 is 0 Å². The van der Waals surface area contributed by atoms with Crippen molar-refractivity contribution in [3.63, 3.8) is 0 Å². The highest BCUT2D eigenvalue weighted by atomic mass is 16.5. The van der Waals surface area contributed by atoms with Crippen LogP contribution in [0.5, 0.6) is 5.75 Å². The Morgan fingerprint density at radius 3 is 2.70 bits per heavy atom. The average molecular weight is 271 g/mol. The van der Waals surface area contributed by atoms with Gasteiger partial charge in [0, 0.05) is 37.0 Å². The van der Waals surface area contributed by atoms with Gasteiger partial charge in [-0.1, -0.05) is 6.07 Å². The third-order valence-corrected chi connectivity index (χ3v) is 3.13. The predicted molar refractivity (Wildman–Crippen MR) is 76.2 cm³/mol. The number of hydrogen-bond acceptors (Lipinski definition) is 5. The summed E-state index contributed by atoms with van der Waals surface area (Å²) in [6.45, 7) is 1.56. The Labute approximate surface area is 118 Å². The Morgan fingerprint density at radius 2 is 1.90 bits per heavy atom. The van der Waals surface area contributed by atoms with Gasteiger partial charge in [-0.05, 0) is 18.2 Å². The monoisotopic (exact) mass is 271 g/mol. The van der Waals surface area contributed by atoms with Crippen molar-refractivity contribution in [2.75, 3.05) is 18.5 Å². The average Bonchev–Trinajstić information content (AvgIpc) is 2.50. The molecule has 104 valence electrons. The number of rotatable bonds is 4. The zero-order valence-electron chi connectivity index (χ0n) is 11.2. The maximum atomic E-state index is 5.97. The molecule has 0 aliphatic carbocycles. The first kappa shape index (κ1) is 12.9. The molecule has 3 rings (SSSR count). The quantitative estimate of drug-likeness (QED) is 0.926. The standard InChI is InChI=1S/C15H17N3O2/c1-3-12(18-15-16-7-2-8-17-15)11-14(4-1)20-13-5-9-19-10-6-13/h1-4,7-8,11,13H,5-6,9-10H2,(H,16,17,18). The van der Waals surface area contributed by atoms with Gasteiger partial charge in [-0.15, -0.1) is 0 Å². The van der Waals surface area contributed by atoms with E-state index in [0.29, 0.717) is 5.95 Å². The van der Waals surface area contributed by atoms with Crippen molar-refractivity contribution in [2.45, 2.75) is 18.9 Å². The van der Waals surface area contributed by atoms with Crippen LogP contribution in [0, 0.1) is 0 Å². The van der Waals surface area contributed by atoms with Crippen LogP contribution in [0.2, 0.25) is 0 Å². The lowest BCUT2D eigenvalue weighted by Gasteiger charge is -2.23. The number of aromatic nitrogens is 2. The molecule has 0 saturated carbocycles. The molecule has 20 heavy (non-hydrogen) atoms. The molecule has 5 nitrogen and oxygen atoms in total. The van der Waals surface area contributed by atoms with Crippen LogP contribution >= 0.6 is 0 Å². The van der Waals surface area contributed by atoms with Crippen LogP contribution in [-0.4, -0.2) is 29.3 Å². The number of benzene rings is 1. The Kier molecular flexibility index (Phi) is 4.08. The topological polar surface area (TPSA) is 56.3 Å². The van der Waals surface area contributed by atoms with E-state index in [2.05, 4.69) is 15.3 Å². The first-order chi connectivity index (χ1) is 9.90. The summed E-state index contributed by atoms with van der Waals surface area (Å²) in [5, 5.41) is 3.15. The highest BCUT2D eigenvalue weighted by Gasteiger charge is 2.15. The van der Waals surface area contributed by atoms with Crippen molar-refractivity contribution in [3.05, 3.63) is 42.7 Å². The van der Waals surface area contributed by atoms with Gasteiger partial charge in [-0.25, -0.2) is 9.97 Å². The fraction of sp³-hybridized carbons (Fsp3) is 0.333. The third kappa shape index (κ3) is 3.45. The van der Waals surface area contributed by atoms with E-state index >= 15 is 0 Å². The fourth-order valence-electron chi connectivity index (χ4n) is 2.13. The molecule has 1 N–H and O–H groups in total. The van der Waals surface area contributed by atoms with E-state index < -0.39 is 0 Å². The van der Waals surface area contributed by atoms with Crippen LogP contribution < -0.4 is 10.1 Å². The maximum absolute atomic E-state index is 5.97. The van der Waals surface area contributed by atoms with E-state index in [1.54, 1.807) is 18.5 Å². The lowest BCUT2D eigenvalue weighted by atomic mass is 10.1. The molecule has 1 aliphatic heterocycles. The van der Waals surface area contributed by atoms with Crippen LogP contribution in [0.15, 0.2) is 42.7 Å². The van der Waals surface area contributed by atoms with Crippen LogP contribution in [0.1, 0.15) is 12.8 Å². The van der Waals surface area contributed by atoms with E-state index in [0.717, 1.165) is 37.5 Å². The molecule has 2 aromatic rings. The SMILES string of the molecule is c1cnc(Nc2cccc(OC3CCOCC3)c2)nc1. The van der Waals surface area contributed by atoms with Gasteiger partial charge in [0.25, 0.3) is 0 Å². The van der Waals surface area contributed by atoms with E-state index in [1.165, 1.54) is 0 Å². The second kappa shape index (κ2) is 6.34. The smallest absolute Gasteiger partial charge is 0.227 e. The number of hydrogen-bond donors (Lipinski definition) is 1. The Balaban J connectivity index is 1.66. The van der Waals surface area contributed by atoms with Gasteiger partial charge < -0.3 is 14.8 Å². The zero-order chi connectivity index (χ0) is 13.6. The summed E-state index contributed by atoms with van der Waals surface area (Å²) in [5.74, 6) is 1.44. The molecule has 1 saturated heterocycles. The van der Waals surface area contributed by atoms with Crippen LogP contribution in [0.4, 0.5) is 11.6 Å². The molecule has 1 aliphatic rings. The second-order valence-corrected chi connectivity index (χ2v) is 4.65. The molecule has 0 amide bonds. The minimum absolute atomic E-state index is 0.243. The summed E-state index contributed by atoms with van der Waals surface area (Å²) >= 11 is 0. The van der Waals surface area contributed by atoms with E-state index in [-0.39, 0.29) is 6.10 Å². The minimum atomic E-state index is 0.243. The molecule has 0 atom stereocenters. The molecule has 0 bridgehead atoms. The molecule has 1 fully saturated rings. The van der Waals surface area contributed by atoms with Crippen molar-refractivity contribution in [1.29, 1.82) is 0 Å². The van der Waals surface area contributed by atoms with Crippen LogP contribution in [-0.2, 0) is 4.74 Å². The lowest BCUT2D eigenvalue weighted by molar-refractivity contribution is 0.0256. The highest BCUT2D eigenvalue weighted by Crippen LogP contribution is 2.22. The first-order valence-electron chi connectivity index (χ1n) is 6.79. The van der Waals surface area contributed by atoms with Gasteiger partial charge in [-0.3, -0.25) is 0 Å². The summed E-state index contributed by atoms with van der Waals surface area (Å²) in [6, 6.07) is 9.64. The summed E-state index contributed by atoms with van der Waals surface area (Å²) in [4.78, 5) is 8.28. The molecule has 1 aromatic heterocycles. The van der Waals surface area contributed by atoms with Gasteiger partial charge in [-0.2, -0.15) is 0 Å². The minimum Gasteiger partial charge on any atom is -0.490 e. The molecular formula is C15H17N3O2. The molecule has 5 heteroatoms. The predicted octanol–water partition coefficient (Wildman–Crippen LogP) is 2.78. The maximum Gasteiger partial charge on any atom is 0.227 e. The summed E-state index contributed by atoms with van der Waals surface area (Å²) < 4.78 is 11.3. The lowest BCUT2D eigenvalue weighted by Crippen LogP contribution is -2.25. The fourth-order valence-corrected chi connectivity index (χ4v) is 2.13. The van der Waals surface area contributed by atoms with Crippen molar-refractivity contribution < 1.29 is 9.47 Å². The molecule has 0 unspecified atom stereocenters. The normalized spacial score (nSPS) is 15.8. The van der Waals surface area contributed by atoms with Crippen molar-refractivity contribution in [2.24, 2.45) is 0 Å². The zero-order valence-corrected chi connectivity index (χ0v) is 11.2. The van der Waals surface area contributed by atoms with E-state index in [9.17, 15) is 0 Å². The number of ether oxygens (including phenoxy) is 2. The third-order valence-electron chi connectivity index (χ3n) is 3.13. The Bertz CT molecular complexity index is 542. The van der Waals surface area contributed by atoms with Crippen LogP contribution in [0.25, 0.3) is 0 Å². The summed E-state index contributed by atoms with van der Waals surface area (Å²) in [6.07, 6.45) is 5.54. The number of nitrogens with zero attached hydrogens (tertiary/aromatic N) is 2. The number of nitrogens with one attached hydrogen (secondary N) is 1. The van der Waals surface area contributed by atoms with Gasteiger partial charge in [0.05, 0.1) is 13.2 Å². The summed E-state index contributed by atoms with van der Waals surface area (Å²) in [5.41, 5.74) is 0.917. The Morgan fingerprint density at radius 1 is 1.10 bits per heavy atom. The number of anilines is 2. The van der Waals surface area contributed by atoms with Gasteiger partial charge in [0.1, 0.15) is 11.9 Å². The summed E-state index contributed by atoms with van der Waals surface area (Å²) in [7, 11) is 0. The van der Waals surface area contributed by atoms with Crippen molar-refractivity contribution in [3.8, 4) is 5.75 Å². The second-order valence-electron chi connectivity index (χ2n) is 4.65. The van der Waals surface area contributed by atoms with E-state index in [4.69, 9.17) is 9.47 Å². The van der Waals surface area contributed by atoms with Crippen molar-refractivity contribution in [1.82, 2.24) is 9.97 Å². The molecule has 2 heterocycles. The van der Waals surface area contributed by atoms with Crippen LogP contribution in [0.3, 0.4) is 0 Å². The molecular weight excluding hydrogens is 254 g/mol.